The van der Waals surface area contributed by atoms with Crippen LogP contribution >= 0.6 is 0 Å². The molecule has 0 aromatic carbocycles. The van der Waals surface area contributed by atoms with Gasteiger partial charge in [0.25, 0.3) is 0 Å². The Kier molecular flexibility index (Phi) is 3.29. The number of nitrogens with zero attached hydrogens (tertiary/aromatic N) is 1. The second-order valence-electron chi connectivity index (χ2n) is 4.31. The molecule has 0 radical (unpaired) electrons. The van der Waals surface area contributed by atoms with E-state index in [9.17, 15) is 5.11 Å². The summed E-state index contributed by atoms with van der Waals surface area (Å²) in [5, 5.41) is 12.8. The van der Waals surface area contributed by atoms with Gasteiger partial charge in [0.1, 0.15) is 5.84 Å². The van der Waals surface area contributed by atoms with Crippen molar-refractivity contribution in [3.05, 3.63) is 12.3 Å². The van der Waals surface area contributed by atoms with E-state index in [-0.39, 0.29) is 12.1 Å². The van der Waals surface area contributed by atoms with E-state index in [1.807, 2.05) is 13.0 Å². The van der Waals surface area contributed by atoms with Crippen molar-refractivity contribution < 1.29 is 5.11 Å². The lowest BCUT2D eigenvalue weighted by Crippen LogP contribution is -2.47. The zero-order chi connectivity index (χ0) is 10.8. The largest absolute Gasteiger partial charge is 0.389 e. The van der Waals surface area contributed by atoms with Gasteiger partial charge >= 0.3 is 0 Å². The van der Waals surface area contributed by atoms with E-state index < -0.39 is 5.60 Å². The van der Waals surface area contributed by atoms with E-state index in [0.717, 1.165) is 5.84 Å². The Balaban J connectivity index is 2.53. The first-order chi connectivity index (χ1) is 6.39. The van der Waals surface area contributed by atoms with Gasteiger partial charge in [-0.3, -0.25) is 0 Å². The predicted molar refractivity (Wildman–Crippen MR) is 58.1 cm³/mol. The lowest BCUT2D eigenvalue weighted by Gasteiger charge is -2.27. The Morgan fingerprint density at radius 3 is 2.86 bits per heavy atom. The molecule has 1 aliphatic rings. The van der Waals surface area contributed by atoms with Crippen LogP contribution in [0.25, 0.3) is 0 Å². The number of hydrogen-bond donors (Lipinski definition) is 3. The third-order valence-electron chi connectivity index (χ3n) is 2.32. The van der Waals surface area contributed by atoms with Crippen molar-refractivity contribution >= 4 is 5.84 Å². The minimum absolute atomic E-state index is 0.288. The fourth-order valence-corrected chi connectivity index (χ4v) is 1.18. The molecule has 1 aliphatic heterocycles. The van der Waals surface area contributed by atoms with Crippen molar-refractivity contribution in [3.63, 3.8) is 0 Å². The molecule has 0 aromatic rings. The third kappa shape index (κ3) is 3.12. The highest BCUT2D eigenvalue weighted by molar-refractivity contribution is 5.84. The summed E-state index contributed by atoms with van der Waals surface area (Å²) in [5.74, 6) is 0.842. The summed E-state index contributed by atoms with van der Waals surface area (Å²) in [6.45, 7) is 5.46. The first-order valence-electron chi connectivity index (χ1n) is 4.87. The summed E-state index contributed by atoms with van der Waals surface area (Å²) in [4.78, 5) is 4.17. The second-order valence-corrected chi connectivity index (χ2v) is 4.31. The van der Waals surface area contributed by atoms with Crippen LogP contribution in [0.1, 0.15) is 27.2 Å². The van der Waals surface area contributed by atoms with Gasteiger partial charge in [-0.25, -0.2) is 4.99 Å². The Labute approximate surface area is 84.9 Å². The highest BCUT2D eigenvalue weighted by Crippen LogP contribution is 2.11. The number of aliphatic hydroxyl groups is 1. The lowest BCUT2D eigenvalue weighted by atomic mass is 9.96. The maximum atomic E-state index is 9.66. The van der Waals surface area contributed by atoms with Gasteiger partial charge in [-0.2, -0.15) is 0 Å². The van der Waals surface area contributed by atoms with Gasteiger partial charge < -0.3 is 16.2 Å². The molecular weight excluding hydrogens is 178 g/mol. The molecule has 0 aromatic heterocycles. The van der Waals surface area contributed by atoms with Gasteiger partial charge in [-0.15, -0.1) is 0 Å². The molecule has 0 fully saturated rings. The van der Waals surface area contributed by atoms with Crippen molar-refractivity contribution in [1.29, 1.82) is 0 Å². The van der Waals surface area contributed by atoms with Crippen LogP contribution in [0.4, 0.5) is 0 Å². The fourth-order valence-electron chi connectivity index (χ4n) is 1.18. The van der Waals surface area contributed by atoms with Crippen molar-refractivity contribution in [2.75, 3.05) is 0 Å². The van der Waals surface area contributed by atoms with Crippen molar-refractivity contribution in [3.8, 4) is 0 Å². The molecule has 14 heavy (non-hydrogen) atoms. The molecule has 0 bridgehead atoms. The van der Waals surface area contributed by atoms with Crippen LogP contribution in [-0.4, -0.2) is 28.6 Å². The van der Waals surface area contributed by atoms with Crippen LogP contribution in [-0.2, 0) is 0 Å². The first-order valence-corrected chi connectivity index (χ1v) is 4.87. The van der Waals surface area contributed by atoms with Gasteiger partial charge in [0.05, 0.1) is 5.60 Å². The molecule has 4 N–H and O–H groups in total. The smallest absolute Gasteiger partial charge is 0.104 e. The molecule has 0 amide bonds. The number of hydrogen-bond acceptors (Lipinski definition) is 4. The second kappa shape index (κ2) is 4.11. The van der Waals surface area contributed by atoms with E-state index in [1.54, 1.807) is 20.0 Å². The number of amidine groups is 1. The number of rotatable bonds is 3. The summed E-state index contributed by atoms with van der Waals surface area (Å²) in [6, 6.07) is -0.0102. The van der Waals surface area contributed by atoms with Crippen molar-refractivity contribution in [2.24, 2.45) is 10.7 Å². The Bertz CT molecular complexity index is 253. The van der Waals surface area contributed by atoms with E-state index in [1.165, 1.54) is 0 Å². The van der Waals surface area contributed by atoms with Gasteiger partial charge in [0.15, 0.2) is 0 Å². The molecule has 0 saturated carbocycles. The maximum absolute atomic E-state index is 9.66. The molecule has 4 heteroatoms. The van der Waals surface area contributed by atoms with Gasteiger partial charge in [0.2, 0.25) is 0 Å². The molecule has 1 unspecified atom stereocenters. The van der Waals surface area contributed by atoms with E-state index in [4.69, 9.17) is 5.73 Å². The number of aliphatic imine (C=N–C) groups is 1. The number of nitrogens with two attached hydrogens (primary N) is 1. The average molecular weight is 197 g/mol. The maximum Gasteiger partial charge on any atom is 0.104 e. The van der Waals surface area contributed by atoms with E-state index in [0.29, 0.717) is 6.42 Å². The van der Waals surface area contributed by atoms with Crippen LogP contribution in [0.5, 0.6) is 0 Å². The Morgan fingerprint density at radius 1 is 1.71 bits per heavy atom. The molecule has 1 rings (SSSR count). The van der Waals surface area contributed by atoms with Crippen LogP contribution in [0, 0.1) is 0 Å². The van der Waals surface area contributed by atoms with Crippen molar-refractivity contribution in [2.45, 2.75) is 44.9 Å². The first kappa shape index (κ1) is 11.2. The fraction of sp³-hybridized carbons (Fsp3) is 0.700. The standard InChI is InChI=1S/C10H19N3O/c1-7-4-5-12-9(13-7)6-8(11)10(2,3)14/h4-5,7-8,14H,6,11H2,1-3H3,(H,12,13)/t7?,8-/m1/s1. The molecule has 2 atom stereocenters. The van der Waals surface area contributed by atoms with Crippen LogP contribution < -0.4 is 11.1 Å². The third-order valence-corrected chi connectivity index (χ3v) is 2.32. The molecule has 4 nitrogen and oxygen atoms in total. The molecule has 1 heterocycles. The zero-order valence-electron chi connectivity index (χ0n) is 8.99. The normalized spacial score (nSPS) is 24.1. The van der Waals surface area contributed by atoms with Gasteiger partial charge in [0, 0.05) is 24.7 Å². The summed E-state index contributed by atoms with van der Waals surface area (Å²) < 4.78 is 0. The summed E-state index contributed by atoms with van der Waals surface area (Å²) in [6.07, 6.45) is 4.31. The SMILES string of the molecule is CC1C=CN=C(C[C@@H](N)C(C)(C)O)N1. The Morgan fingerprint density at radius 2 is 2.36 bits per heavy atom. The quantitative estimate of drug-likeness (QED) is 0.612. The van der Waals surface area contributed by atoms with Gasteiger partial charge in [-0.1, -0.05) is 0 Å². The van der Waals surface area contributed by atoms with Crippen LogP contribution in [0.15, 0.2) is 17.3 Å². The molecule has 0 aliphatic carbocycles. The molecule has 0 saturated heterocycles. The topological polar surface area (TPSA) is 70.6 Å². The van der Waals surface area contributed by atoms with E-state index in [2.05, 4.69) is 10.3 Å². The monoisotopic (exact) mass is 197 g/mol. The zero-order valence-corrected chi connectivity index (χ0v) is 8.99. The molecule has 80 valence electrons. The van der Waals surface area contributed by atoms with E-state index >= 15 is 0 Å². The summed E-state index contributed by atoms with van der Waals surface area (Å²) in [5.41, 5.74) is 4.97. The predicted octanol–water partition coefficient (Wildman–Crippen LogP) is 0.379. The minimum atomic E-state index is -0.866. The molecular formula is C10H19N3O. The van der Waals surface area contributed by atoms with Crippen molar-refractivity contribution in [1.82, 2.24) is 5.32 Å². The lowest BCUT2D eigenvalue weighted by molar-refractivity contribution is 0.0541. The molecule has 0 spiro atoms. The van der Waals surface area contributed by atoms with Crippen LogP contribution in [0.2, 0.25) is 0 Å². The average Bonchev–Trinajstić information content (AvgIpc) is 2.02. The number of nitrogens with one attached hydrogen (secondary N) is 1. The Hall–Kier alpha value is -0.870. The summed E-state index contributed by atoms with van der Waals surface area (Å²) >= 11 is 0. The summed E-state index contributed by atoms with van der Waals surface area (Å²) in [7, 11) is 0. The van der Waals surface area contributed by atoms with Gasteiger partial charge in [-0.05, 0) is 26.8 Å². The minimum Gasteiger partial charge on any atom is -0.389 e. The van der Waals surface area contributed by atoms with Crippen LogP contribution in [0.3, 0.4) is 0 Å². The highest BCUT2D eigenvalue weighted by Gasteiger charge is 2.24. The highest BCUT2D eigenvalue weighted by atomic mass is 16.3.